The van der Waals surface area contributed by atoms with E-state index in [-0.39, 0.29) is 17.7 Å². The number of carbonyl (C=O) groups excluding carboxylic acids is 2. The molecule has 0 unspecified atom stereocenters. The minimum Gasteiger partial charge on any atom is -0.326 e. The van der Waals surface area contributed by atoms with E-state index in [1.807, 2.05) is 62.5 Å². The van der Waals surface area contributed by atoms with Crippen molar-refractivity contribution in [3.8, 4) is 0 Å². The number of carbonyl (C=O) groups is 2. The largest absolute Gasteiger partial charge is 0.326 e. The maximum Gasteiger partial charge on any atom is 0.245 e. The zero-order valence-electron chi connectivity index (χ0n) is 15.4. The van der Waals surface area contributed by atoms with Crippen LogP contribution in [0.1, 0.15) is 44.1 Å². The minimum atomic E-state index is -0.138. The molecule has 5 nitrogen and oxygen atoms in total. The molecule has 1 aromatic carbocycles. The van der Waals surface area contributed by atoms with E-state index in [1.165, 1.54) is 0 Å². The molecule has 26 heavy (non-hydrogen) atoms. The molecular formula is C20H25N3O2S. The standard InChI is InChI=1S/C20H25N3O2S/c1-4-15(5-2)20(25)21-17-10-8-16(9-11-17)14(3)22-23-19(24)13-18-7-6-12-26-18/h6-12,15H,4-5,13H2,1-3H3,(H,21,25)(H,23,24). The minimum absolute atomic E-state index is 0.0385. The number of nitrogens with zero attached hydrogens (tertiary/aromatic N) is 1. The summed E-state index contributed by atoms with van der Waals surface area (Å²) in [6.07, 6.45) is 1.99. The van der Waals surface area contributed by atoms with Crippen LogP contribution in [0.25, 0.3) is 0 Å². The topological polar surface area (TPSA) is 70.6 Å². The van der Waals surface area contributed by atoms with Gasteiger partial charge in [0, 0.05) is 16.5 Å². The Hall–Kier alpha value is -2.47. The Kier molecular flexibility index (Phi) is 7.53. The Morgan fingerprint density at radius 3 is 2.38 bits per heavy atom. The molecule has 0 bridgehead atoms. The van der Waals surface area contributed by atoms with Crippen molar-refractivity contribution in [2.75, 3.05) is 5.32 Å². The first kappa shape index (κ1) is 19.8. The van der Waals surface area contributed by atoms with Crippen molar-refractivity contribution in [3.05, 3.63) is 52.2 Å². The predicted molar refractivity (Wildman–Crippen MR) is 108 cm³/mol. The fourth-order valence-corrected chi connectivity index (χ4v) is 3.22. The summed E-state index contributed by atoms with van der Waals surface area (Å²) in [5.74, 6) is -0.0497. The van der Waals surface area contributed by atoms with Gasteiger partial charge in [0.15, 0.2) is 0 Å². The zero-order chi connectivity index (χ0) is 18.9. The number of hydrogen-bond donors (Lipinski definition) is 2. The van der Waals surface area contributed by atoms with E-state index in [0.29, 0.717) is 12.1 Å². The fraction of sp³-hybridized carbons (Fsp3) is 0.350. The molecule has 0 aliphatic rings. The number of nitrogens with one attached hydrogen (secondary N) is 2. The quantitative estimate of drug-likeness (QED) is 0.539. The second kappa shape index (κ2) is 9.87. The van der Waals surface area contributed by atoms with Crippen LogP contribution in [0, 0.1) is 5.92 Å². The lowest BCUT2D eigenvalue weighted by Crippen LogP contribution is -2.21. The number of hydrogen-bond acceptors (Lipinski definition) is 4. The van der Waals surface area contributed by atoms with Gasteiger partial charge in [-0.05, 0) is 48.9 Å². The molecule has 1 aromatic heterocycles. The lowest BCUT2D eigenvalue weighted by atomic mass is 10.0. The molecule has 0 saturated heterocycles. The summed E-state index contributed by atoms with van der Waals surface area (Å²) in [5, 5.41) is 9.04. The third-order valence-corrected chi connectivity index (χ3v) is 5.07. The first-order valence-electron chi connectivity index (χ1n) is 8.80. The van der Waals surface area contributed by atoms with E-state index in [4.69, 9.17) is 0 Å². The predicted octanol–water partition coefficient (Wildman–Crippen LogP) is 4.21. The summed E-state index contributed by atoms with van der Waals surface area (Å²) in [5.41, 5.74) is 4.95. The van der Waals surface area contributed by atoms with Gasteiger partial charge in [-0.15, -0.1) is 11.3 Å². The summed E-state index contributed by atoms with van der Waals surface area (Å²) in [6.45, 7) is 5.87. The highest BCUT2D eigenvalue weighted by atomic mass is 32.1. The Labute approximate surface area is 158 Å². The van der Waals surface area contributed by atoms with E-state index in [2.05, 4.69) is 15.8 Å². The Morgan fingerprint density at radius 2 is 1.81 bits per heavy atom. The molecule has 1 heterocycles. The number of rotatable bonds is 8. The van der Waals surface area contributed by atoms with Crippen LogP contribution < -0.4 is 10.7 Å². The van der Waals surface area contributed by atoms with Crippen molar-refractivity contribution in [1.29, 1.82) is 0 Å². The molecule has 0 atom stereocenters. The summed E-state index contributed by atoms with van der Waals surface area (Å²) in [4.78, 5) is 25.0. The van der Waals surface area contributed by atoms with Gasteiger partial charge < -0.3 is 5.32 Å². The second-order valence-electron chi connectivity index (χ2n) is 6.07. The van der Waals surface area contributed by atoms with E-state index in [0.717, 1.165) is 29.0 Å². The molecule has 0 aliphatic carbocycles. The molecule has 0 fully saturated rings. The van der Waals surface area contributed by atoms with Gasteiger partial charge in [0.1, 0.15) is 0 Å². The van der Waals surface area contributed by atoms with Gasteiger partial charge in [-0.3, -0.25) is 9.59 Å². The van der Waals surface area contributed by atoms with Crippen LogP contribution in [0.15, 0.2) is 46.9 Å². The van der Waals surface area contributed by atoms with Gasteiger partial charge in [-0.25, -0.2) is 5.43 Å². The number of hydrazone groups is 1. The maximum atomic E-state index is 12.1. The molecule has 2 aromatic rings. The van der Waals surface area contributed by atoms with Crippen LogP contribution in [0.3, 0.4) is 0 Å². The maximum absolute atomic E-state index is 12.1. The SMILES string of the molecule is CCC(CC)C(=O)Nc1ccc(C(C)=NNC(=O)Cc2cccs2)cc1. The molecule has 138 valence electrons. The molecular weight excluding hydrogens is 346 g/mol. The number of amides is 2. The monoisotopic (exact) mass is 371 g/mol. The molecule has 2 rings (SSSR count). The van der Waals surface area contributed by atoms with Crippen LogP contribution in [-0.2, 0) is 16.0 Å². The van der Waals surface area contributed by atoms with Gasteiger partial charge >= 0.3 is 0 Å². The molecule has 0 saturated carbocycles. The van der Waals surface area contributed by atoms with Crippen molar-refractivity contribution >= 4 is 34.6 Å². The smallest absolute Gasteiger partial charge is 0.245 e. The van der Waals surface area contributed by atoms with Crippen LogP contribution in [0.4, 0.5) is 5.69 Å². The van der Waals surface area contributed by atoms with Crippen LogP contribution in [0.5, 0.6) is 0 Å². The van der Waals surface area contributed by atoms with Crippen molar-refractivity contribution < 1.29 is 9.59 Å². The summed E-state index contributed by atoms with van der Waals surface area (Å²) >= 11 is 1.55. The Balaban J connectivity index is 1.92. The molecule has 0 radical (unpaired) electrons. The molecule has 6 heteroatoms. The average molecular weight is 372 g/mol. The summed E-state index contributed by atoms with van der Waals surface area (Å²) in [7, 11) is 0. The van der Waals surface area contributed by atoms with Crippen molar-refractivity contribution in [3.63, 3.8) is 0 Å². The van der Waals surface area contributed by atoms with Crippen molar-refractivity contribution in [2.24, 2.45) is 11.0 Å². The number of thiophene rings is 1. The second-order valence-corrected chi connectivity index (χ2v) is 7.10. The first-order valence-corrected chi connectivity index (χ1v) is 9.68. The van der Waals surface area contributed by atoms with E-state index in [1.54, 1.807) is 11.3 Å². The highest BCUT2D eigenvalue weighted by molar-refractivity contribution is 7.10. The Morgan fingerprint density at radius 1 is 1.12 bits per heavy atom. The molecule has 2 amide bonds. The summed E-state index contributed by atoms with van der Waals surface area (Å²) in [6, 6.07) is 11.3. The highest BCUT2D eigenvalue weighted by Gasteiger charge is 2.14. The first-order chi connectivity index (χ1) is 12.5. The van der Waals surface area contributed by atoms with E-state index in [9.17, 15) is 9.59 Å². The molecule has 2 N–H and O–H groups in total. The van der Waals surface area contributed by atoms with E-state index >= 15 is 0 Å². The van der Waals surface area contributed by atoms with Crippen molar-refractivity contribution in [1.82, 2.24) is 5.43 Å². The molecule has 0 spiro atoms. The Bertz CT molecular complexity index is 748. The zero-order valence-corrected chi connectivity index (χ0v) is 16.2. The highest BCUT2D eigenvalue weighted by Crippen LogP contribution is 2.15. The van der Waals surface area contributed by atoms with Crippen LogP contribution in [0.2, 0.25) is 0 Å². The average Bonchev–Trinajstić information content (AvgIpc) is 3.14. The van der Waals surface area contributed by atoms with Gasteiger partial charge in [0.05, 0.1) is 12.1 Å². The van der Waals surface area contributed by atoms with Crippen LogP contribution in [-0.4, -0.2) is 17.5 Å². The lowest BCUT2D eigenvalue weighted by Gasteiger charge is -2.13. The lowest BCUT2D eigenvalue weighted by molar-refractivity contribution is -0.121. The number of anilines is 1. The normalized spacial score (nSPS) is 11.5. The van der Waals surface area contributed by atoms with E-state index < -0.39 is 0 Å². The number of benzene rings is 1. The summed E-state index contributed by atoms with van der Waals surface area (Å²) < 4.78 is 0. The van der Waals surface area contributed by atoms with Crippen molar-refractivity contribution in [2.45, 2.75) is 40.0 Å². The third-order valence-electron chi connectivity index (χ3n) is 4.19. The van der Waals surface area contributed by atoms with Gasteiger partial charge in [0.2, 0.25) is 11.8 Å². The van der Waals surface area contributed by atoms with Gasteiger partial charge in [-0.2, -0.15) is 5.10 Å². The third kappa shape index (κ3) is 5.81. The fourth-order valence-electron chi connectivity index (χ4n) is 2.52. The van der Waals surface area contributed by atoms with Gasteiger partial charge in [-0.1, -0.05) is 32.0 Å². The molecule has 0 aliphatic heterocycles. The van der Waals surface area contributed by atoms with Gasteiger partial charge in [0.25, 0.3) is 0 Å². The van der Waals surface area contributed by atoms with Crippen LogP contribution >= 0.6 is 11.3 Å².